The van der Waals surface area contributed by atoms with Gasteiger partial charge >= 0.3 is 0 Å². The van der Waals surface area contributed by atoms with Gasteiger partial charge in [0.05, 0.1) is 11.6 Å². The number of aliphatic hydroxyl groups excluding tert-OH is 2. The summed E-state index contributed by atoms with van der Waals surface area (Å²) in [5.41, 5.74) is 3.99. The molecule has 0 unspecified atom stereocenters. The third kappa shape index (κ3) is 3.81. The van der Waals surface area contributed by atoms with Gasteiger partial charge < -0.3 is 31.5 Å². The number of nitrogens with zero attached hydrogens (tertiary/aromatic N) is 1. The van der Waals surface area contributed by atoms with Crippen molar-refractivity contribution in [2.24, 2.45) is 17.6 Å². The molecule has 3 aliphatic rings. The van der Waals surface area contributed by atoms with E-state index in [1.807, 2.05) is 0 Å². The van der Waals surface area contributed by atoms with Gasteiger partial charge in [-0.3, -0.25) is 24.1 Å². The van der Waals surface area contributed by atoms with E-state index in [-0.39, 0.29) is 35.6 Å². The second kappa shape index (κ2) is 9.32. The maximum atomic E-state index is 13.9. The van der Waals surface area contributed by atoms with Crippen LogP contribution in [-0.2, 0) is 25.6 Å². The first-order valence-corrected chi connectivity index (χ1v) is 12.7. The van der Waals surface area contributed by atoms with Crippen LogP contribution in [0.1, 0.15) is 24.5 Å². The number of ketones is 2. The van der Waals surface area contributed by atoms with Crippen LogP contribution in [0.3, 0.4) is 0 Å². The number of nitrogens with one attached hydrogen (secondary N) is 1. The number of rotatable bonds is 4. The van der Waals surface area contributed by atoms with Crippen LogP contribution in [-0.4, -0.2) is 74.4 Å². The summed E-state index contributed by atoms with van der Waals surface area (Å²) in [6.45, 7) is 1.39. The van der Waals surface area contributed by atoms with Crippen molar-refractivity contribution in [2.45, 2.75) is 31.4 Å². The Morgan fingerprint density at radius 2 is 1.80 bits per heavy atom. The average Bonchev–Trinajstić information content (AvgIpc) is 2.85. The highest BCUT2D eigenvalue weighted by Crippen LogP contribution is 2.53. The third-order valence-corrected chi connectivity index (χ3v) is 8.10. The molecule has 1 saturated carbocycles. The van der Waals surface area contributed by atoms with E-state index in [0.29, 0.717) is 22.4 Å². The molecule has 11 nitrogen and oxygen atoms in total. The largest absolute Gasteiger partial charge is 0.508 e. The molecule has 2 aromatic carbocycles. The molecule has 5 rings (SSSR count). The lowest BCUT2D eigenvalue weighted by Gasteiger charge is -2.50. The summed E-state index contributed by atoms with van der Waals surface area (Å²) in [5.74, 6) is -7.25. The van der Waals surface area contributed by atoms with Crippen LogP contribution in [0.25, 0.3) is 16.9 Å². The van der Waals surface area contributed by atoms with Crippen LogP contribution >= 0.6 is 0 Å². The summed E-state index contributed by atoms with van der Waals surface area (Å²) in [4.78, 5) is 52.3. The monoisotopic (exact) mass is 547 g/mol. The van der Waals surface area contributed by atoms with Crippen LogP contribution in [0.2, 0.25) is 0 Å². The molecule has 7 N–H and O–H groups in total. The zero-order valence-electron chi connectivity index (χ0n) is 22.1. The summed E-state index contributed by atoms with van der Waals surface area (Å²) >= 11 is 0. The Bertz CT molecular complexity index is 1570. The van der Waals surface area contributed by atoms with Gasteiger partial charge in [-0.15, -0.1) is 0 Å². The highest BCUT2D eigenvalue weighted by atomic mass is 16.3. The van der Waals surface area contributed by atoms with Gasteiger partial charge in [0.2, 0.25) is 11.7 Å². The molecular formula is C29H29N3O8. The molecule has 0 heterocycles. The summed E-state index contributed by atoms with van der Waals surface area (Å²) < 4.78 is 0. The molecule has 1 fully saturated rings. The molecule has 0 radical (unpaired) electrons. The van der Waals surface area contributed by atoms with Gasteiger partial charge in [0.15, 0.2) is 11.4 Å². The number of nitrogens with two attached hydrogens (primary N) is 1. The van der Waals surface area contributed by atoms with Crippen molar-refractivity contribution in [3.05, 3.63) is 64.4 Å². The van der Waals surface area contributed by atoms with Crippen molar-refractivity contribution in [1.82, 2.24) is 4.90 Å². The number of Topliss-reactive ketones (excluding diaryl/α,β-unsaturated/α-hetero) is 2. The van der Waals surface area contributed by atoms with Crippen molar-refractivity contribution in [1.29, 1.82) is 0 Å². The molecule has 2 amide bonds. The molecule has 3 aliphatic carbocycles. The van der Waals surface area contributed by atoms with Crippen LogP contribution in [0, 0.1) is 11.8 Å². The molecule has 2 aromatic rings. The minimum absolute atomic E-state index is 0.00119. The molecular weight excluding hydrogens is 518 g/mol. The molecule has 208 valence electrons. The molecule has 0 bridgehead atoms. The van der Waals surface area contributed by atoms with Crippen molar-refractivity contribution in [3.63, 3.8) is 0 Å². The number of aromatic hydroxyl groups is 1. The number of aliphatic hydroxyl groups is 3. The number of benzene rings is 2. The van der Waals surface area contributed by atoms with Crippen LogP contribution in [0.5, 0.6) is 5.75 Å². The van der Waals surface area contributed by atoms with Gasteiger partial charge in [0, 0.05) is 24.1 Å². The Morgan fingerprint density at radius 3 is 2.42 bits per heavy atom. The highest BCUT2D eigenvalue weighted by molar-refractivity contribution is 6.24. The zero-order chi connectivity index (χ0) is 29.3. The second-order valence-corrected chi connectivity index (χ2v) is 10.7. The van der Waals surface area contributed by atoms with E-state index in [0.717, 1.165) is 0 Å². The fourth-order valence-corrected chi connectivity index (χ4v) is 6.48. The van der Waals surface area contributed by atoms with E-state index in [1.165, 1.54) is 17.9 Å². The number of anilines is 1. The van der Waals surface area contributed by atoms with E-state index in [9.17, 15) is 39.6 Å². The number of fused-ring (bicyclic) bond motifs is 3. The Hall–Kier alpha value is -4.48. The minimum atomic E-state index is -2.69. The van der Waals surface area contributed by atoms with Gasteiger partial charge in [-0.05, 0) is 67.7 Å². The quantitative estimate of drug-likeness (QED) is 0.309. The van der Waals surface area contributed by atoms with Crippen LogP contribution < -0.4 is 11.1 Å². The van der Waals surface area contributed by atoms with Gasteiger partial charge in [-0.2, -0.15) is 0 Å². The Labute approximate surface area is 229 Å². The summed E-state index contributed by atoms with van der Waals surface area (Å²) in [6.07, 6.45) is 0.148. The normalized spacial score (nSPS) is 25.9. The Balaban J connectivity index is 1.71. The minimum Gasteiger partial charge on any atom is -0.508 e. The summed E-state index contributed by atoms with van der Waals surface area (Å²) in [7, 11) is 3.09. The fraction of sp³-hybridized carbons (Fsp3) is 0.310. The average molecular weight is 548 g/mol. The molecule has 0 spiro atoms. The fourth-order valence-electron chi connectivity index (χ4n) is 6.48. The Morgan fingerprint density at radius 1 is 1.10 bits per heavy atom. The topological polar surface area (TPSA) is 190 Å². The number of likely N-dealkylation sites (N-methyl/N-ethyl adjacent to an activating group) is 1. The number of amides is 2. The SMILES string of the molecule is CC(=O)Nc1cccc(-c2ccc(O)c3c2C[C@@H]2C[C@@H]4[C@@H](N(C)C)C(=O)C(C(N)=O)=C(O)[C@]4(O)C(=O)C2=C3O)c1. The first-order chi connectivity index (χ1) is 18.8. The number of carbonyl (C=O) groups is 4. The lowest BCUT2D eigenvalue weighted by atomic mass is 9.57. The Kier molecular flexibility index (Phi) is 6.31. The van der Waals surface area contributed by atoms with Crippen LogP contribution in [0.15, 0.2) is 53.3 Å². The zero-order valence-corrected chi connectivity index (χ0v) is 22.1. The predicted molar refractivity (Wildman–Crippen MR) is 144 cm³/mol. The van der Waals surface area contributed by atoms with Gasteiger partial charge in [0.1, 0.15) is 22.8 Å². The molecule has 0 aromatic heterocycles. The molecule has 0 saturated heterocycles. The molecule has 0 aliphatic heterocycles. The number of phenolic OH excluding ortho intramolecular Hbond substituents is 1. The lowest BCUT2D eigenvalue weighted by Crippen LogP contribution is -2.65. The molecule has 11 heteroatoms. The maximum absolute atomic E-state index is 13.9. The van der Waals surface area contributed by atoms with E-state index in [2.05, 4.69) is 5.32 Å². The number of primary amides is 1. The van der Waals surface area contributed by atoms with E-state index < -0.39 is 58.0 Å². The standard InChI is InChI=1S/C29H29N3O8/c1-12(33)31-15-6-4-5-13(9-15)16-7-8-19(34)21-17(16)10-14-11-18-23(32(2)3)25(36)22(28(30)39)27(38)29(18,40)26(37)20(14)24(21)35/h4-9,14,18,23,34-35,38,40H,10-11H2,1-3H3,(H2,30,39)(H,31,33)/t14-,18-,23-,29-/m1/s1. The van der Waals surface area contributed by atoms with Crippen molar-refractivity contribution in [2.75, 3.05) is 19.4 Å². The summed E-state index contributed by atoms with van der Waals surface area (Å²) in [6, 6.07) is 8.88. The van der Waals surface area contributed by atoms with E-state index >= 15 is 0 Å². The number of hydrogen-bond donors (Lipinski definition) is 6. The van der Waals surface area contributed by atoms with Gasteiger partial charge in [-0.25, -0.2) is 0 Å². The number of hydrogen-bond acceptors (Lipinski definition) is 9. The summed E-state index contributed by atoms with van der Waals surface area (Å²) in [5, 5.41) is 47.5. The van der Waals surface area contributed by atoms with Crippen molar-refractivity contribution < 1.29 is 39.6 Å². The first-order valence-electron chi connectivity index (χ1n) is 12.7. The maximum Gasteiger partial charge on any atom is 0.255 e. The third-order valence-electron chi connectivity index (χ3n) is 8.10. The molecule has 40 heavy (non-hydrogen) atoms. The number of phenols is 1. The van der Waals surface area contributed by atoms with Crippen LogP contribution in [0.4, 0.5) is 5.69 Å². The highest BCUT2D eigenvalue weighted by Gasteiger charge is 2.64. The second-order valence-electron chi connectivity index (χ2n) is 10.7. The van der Waals surface area contributed by atoms with E-state index in [4.69, 9.17) is 5.73 Å². The van der Waals surface area contributed by atoms with Crippen molar-refractivity contribution >= 4 is 34.8 Å². The van der Waals surface area contributed by atoms with E-state index in [1.54, 1.807) is 44.4 Å². The van der Waals surface area contributed by atoms with Gasteiger partial charge in [0.25, 0.3) is 5.91 Å². The van der Waals surface area contributed by atoms with Crippen molar-refractivity contribution in [3.8, 4) is 16.9 Å². The number of carbonyl (C=O) groups excluding carboxylic acids is 4. The molecule has 4 atom stereocenters. The first kappa shape index (κ1) is 27.1. The smallest absolute Gasteiger partial charge is 0.255 e. The lowest BCUT2D eigenvalue weighted by molar-refractivity contribution is -0.153. The van der Waals surface area contributed by atoms with Gasteiger partial charge in [-0.1, -0.05) is 18.2 Å². The predicted octanol–water partition coefficient (Wildman–Crippen LogP) is 1.59.